The molecule has 0 radical (unpaired) electrons. The summed E-state index contributed by atoms with van der Waals surface area (Å²) in [5, 5.41) is 4.33. The Bertz CT molecular complexity index is 552. The highest BCUT2D eigenvalue weighted by Gasteiger charge is 2.20. The predicted molar refractivity (Wildman–Crippen MR) is 81.1 cm³/mol. The minimum absolute atomic E-state index is 0.0756. The number of rotatable bonds is 6. The molecule has 5 nitrogen and oxygen atoms in total. The van der Waals surface area contributed by atoms with Gasteiger partial charge >= 0.3 is 0 Å². The summed E-state index contributed by atoms with van der Waals surface area (Å²) in [7, 11) is 3.71. The number of aromatic nitrogens is 2. The molecule has 0 aliphatic heterocycles. The zero-order valence-corrected chi connectivity index (χ0v) is 12.3. The quantitative estimate of drug-likeness (QED) is 0.876. The summed E-state index contributed by atoms with van der Waals surface area (Å²) in [6.45, 7) is 3.44. The molecule has 0 bridgehead atoms. The fourth-order valence-corrected chi connectivity index (χ4v) is 2.33. The molecule has 0 aliphatic rings. The lowest BCUT2D eigenvalue weighted by Gasteiger charge is -2.29. The Morgan fingerprint density at radius 2 is 2.15 bits per heavy atom. The Hall–Kier alpha value is -2.01. The van der Waals surface area contributed by atoms with E-state index >= 15 is 0 Å². The normalized spacial score (nSPS) is 12.2. The van der Waals surface area contributed by atoms with Crippen LogP contribution < -0.4 is 15.4 Å². The largest absolute Gasteiger partial charge is 0.495 e. The molecule has 2 aromatic rings. The topological polar surface area (TPSA) is 56.3 Å². The highest BCUT2D eigenvalue weighted by Crippen LogP contribution is 2.32. The van der Waals surface area contributed by atoms with E-state index in [0.717, 1.165) is 23.5 Å². The summed E-state index contributed by atoms with van der Waals surface area (Å²) in [6.07, 6.45) is 3.93. The summed E-state index contributed by atoms with van der Waals surface area (Å²) >= 11 is 0. The van der Waals surface area contributed by atoms with Gasteiger partial charge in [0.15, 0.2) is 0 Å². The molecule has 1 atom stereocenters. The molecule has 0 aliphatic carbocycles. The van der Waals surface area contributed by atoms with E-state index < -0.39 is 0 Å². The standard InChI is InChI=1S/C15H22N4O/c1-4-19-11-12(10-17-19)14(9-16)18(2)13-7-5-6-8-15(13)20-3/h5-8,10-11,14H,4,9,16H2,1-3H3. The predicted octanol–water partition coefficient (Wildman–Crippen LogP) is 2.05. The third kappa shape index (κ3) is 2.77. The maximum Gasteiger partial charge on any atom is 0.142 e. The van der Waals surface area contributed by atoms with Gasteiger partial charge < -0.3 is 15.4 Å². The van der Waals surface area contributed by atoms with E-state index in [-0.39, 0.29) is 6.04 Å². The lowest BCUT2D eigenvalue weighted by atomic mass is 10.1. The lowest BCUT2D eigenvalue weighted by molar-refractivity contribution is 0.413. The van der Waals surface area contributed by atoms with Crippen molar-refractivity contribution in [2.75, 3.05) is 25.6 Å². The number of likely N-dealkylation sites (N-methyl/N-ethyl adjacent to an activating group) is 1. The molecule has 1 aromatic heterocycles. The molecule has 0 saturated carbocycles. The van der Waals surface area contributed by atoms with E-state index in [0.29, 0.717) is 6.54 Å². The molecule has 0 fully saturated rings. The van der Waals surface area contributed by atoms with Gasteiger partial charge in [-0.2, -0.15) is 5.10 Å². The van der Waals surface area contributed by atoms with Gasteiger partial charge in [0.2, 0.25) is 0 Å². The van der Waals surface area contributed by atoms with Gasteiger partial charge in [-0.25, -0.2) is 0 Å². The Kier molecular flexibility index (Phi) is 4.63. The van der Waals surface area contributed by atoms with Crippen LogP contribution in [0.4, 0.5) is 5.69 Å². The summed E-state index contributed by atoms with van der Waals surface area (Å²) in [4.78, 5) is 2.13. The zero-order chi connectivity index (χ0) is 14.5. The van der Waals surface area contributed by atoms with E-state index in [4.69, 9.17) is 10.5 Å². The highest BCUT2D eigenvalue weighted by molar-refractivity contribution is 5.59. The molecule has 0 spiro atoms. The van der Waals surface area contributed by atoms with Crippen molar-refractivity contribution in [3.05, 3.63) is 42.2 Å². The lowest BCUT2D eigenvalue weighted by Crippen LogP contribution is -2.30. The van der Waals surface area contributed by atoms with Crippen molar-refractivity contribution in [1.82, 2.24) is 9.78 Å². The number of methoxy groups -OCH3 is 1. The molecule has 0 saturated heterocycles. The Balaban J connectivity index is 2.31. The van der Waals surface area contributed by atoms with Crippen molar-refractivity contribution in [2.24, 2.45) is 5.73 Å². The molecule has 108 valence electrons. The third-order valence-corrected chi connectivity index (χ3v) is 3.52. The maximum atomic E-state index is 5.97. The summed E-state index contributed by atoms with van der Waals surface area (Å²) in [5.41, 5.74) is 8.10. The minimum Gasteiger partial charge on any atom is -0.495 e. The van der Waals surface area contributed by atoms with Crippen LogP contribution in [0.2, 0.25) is 0 Å². The number of aryl methyl sites for hydroxylation is 1. The third-order valence-electron chi connectivity index (χ3n) is 3.52. The number of benzene rings is 1. The molecule has 2 rings (SSSR count). The molecular weight excluding hydrogens is 252 g/mol. The zero-order valence-electron chi connectivity index (χ0n) is 12.3. The SMILES string of the molecule is CCn1cc(C(CN)N(C)c2ccccc2OC)cn1. The second-order valence-corrected chi connectivity index (χ2v) is 4.66. The first-order valence-corrected chi connectivity index (χ1v) is 6.79. The van der Waals surface area contributed by atoms with Gasteiger partial charge in [0.05, 0.1) is 25.0 Å². The minimum atomic E-state index is 0.0756. The van der Waals surface area contributed by atoms with Crippen LogP contribution in [0, 0.1) is 0 Å². The fraction of sp³-hybridized carbons (Fsp3) is 0.400. The van der Waals surface area contributed by atoms with Gasteiger partial charge in [-0.1, -0.05) is 12.1 Å². The number of hydrogen-bond donors (Lipinski definition) is 1. The van der Waals surface area contributed by atoms with Crippen molar-refractivity contribution in [2.45, 2.75) is 19.5 Å². The van der Waals surface area contributed by atoms with Crippen LogP contribution in [0.15, 0.2) is 36.7 Å². The van der Waals surface area contributed by atoms with Crippen molar-refractivity contribution in [3.8, 4) is 5.75 Å². The van der Waals surface area contributed by atoms with Crippen LogP contribution in [0.25, 0.3) is 0 Å². The monoisotopic (exact) mass is 274 g/mol. The van der Waals surface area contributed by atoms with Gasteiger partial charge in [-0.3, -0.25) is 4.68 Å². The van der Waals surface area contributed by atoms with Gasteiger partial charge in [0.25, 0.3) is 0 Å². The van der Waals surface area contributed by atoms with Crippen molar-refractivity contribution >= 4 is 5.69 Å². The first-order valence-electron chi connectivity index (χ1n) is 6.79. The Morgan fingerprint density at radius 1 is 1.40 bits per heavy atom. The summed E-state index contributed by atoms with van der Waals surface area (Å²) in [5.74, 6) is 0.844. The second kappa shape index (κ2) is 6.43. The van der Waals surface area contributed by atoms with Crippen LogP contribution in [-0.4, -0.2) is 30.5 Å². The molecular formula is C15H22N4O. The number of nitrogens with two attached hydrogens (primary N) is 1. The summed E-state index contributed by atoms with van der Waals surface area (Å²) < 4.78 is 7.33. The van der Waals surface area contributed by atoms with E-state index in [1.807, 2.05) is 48.4 Å². The Labute approximate surface area is 119 Å². The van der Waals surface area contributed by atoms with E-state index in [1.54, 1.807) is 7.11 Å². The smallest absolute Gasteiger partial charge is 0.142 e. The van der Waals surface area contributed by atoms with Crippen LogP contribution >= 0.6 is 0 Å². The van der Waals surface area contributed by atoms with Crippen molar-refractivity contribution in [1.29, 1.82) is 0 Å². The highest BCUT2D eigenvalue weighted by atomic mass is 16.5. The second-order valence-electron chi connectivity index (χ2n) is 4.66. The van der Waals surface area contributed by atoms with Crippen LogP contribution in [0.3, 0.4) is 0 Å². The van der Waals surface area contributed by atoms with Crippen LogP contribution in [0.5, 0.6) is 5.75 Å². The Morgan fingerprint density at radius 3 is 2.75 bits per heavy atom. The summed E-state index contributed by atoms with van der Waals surface area (Å²) in [6, 6.07) is 8.02. The molecule has 1 unspecified atom stereocenters. The van der Waals surface area contributed by atoms with Crippen LogP contribution in [-0.2, 0) is 6.54 Å². The number of para-hydroxylation sites is 2. The van der Waals surface area contributed by atoms with Gasteiger partial charge in [-0.05, 0) is 19.1 Å². The van der Waals surface area contributed by atoms with Crippen LogP contribution in [0.1, 0.15) is 18.5 Å². The van der Waals surface area contributed by atoms with Gasteiger partial charge in [0, 0.05) is 31.9 Å². The average Bonchev–Trinajstić information content (AvgIpc) is 2.96. The van der Waals surface area contributed by atoms with Gasteiger partial charge in [0.1, 0.15) is 5.75 Å². The molecule has 1 aromatic carbocycles. The molecule has 5 heteroatoms. The molecule has 20 heavy (non-hydrogen) atoms. The first-order chi connectivity index (χ1) is 9.71. The molecule has 0 amide bonds. The van der Waals surface area contributed by atoms with Crippen molar-refractivity contribution < 1.29 is 4.74 Å². The number of hydrogen-bond acceptors (Lipinski definition) is 4. The number of anilines is 1. The fourth-order valence-electron chi connectivity index (χ4n) is 2.33. The number of ether oxygens (including phenoxy) is 1. The first kappa shape index (κ1) is 14.4. The van der Waals surface area contributed by atoms with E-state index in [2.05, 4.69) is 16.9 Å². The van der Waals surface area contributed by atoms with Crippen molar-refractivity contribution in [3.63, 3.8) is 0 Å². The van der Waals surface area contributed by atoms with E-state index in [9.17, 15) is 0 Å². The van der Waals surface area contributed by atoms with Gasteiger partial charge in [-0.15, -0.1) is 0 Å². The molecule has 2 N–H and O–H groups in total. The maximum absolute atomic E-state index is 5.97. The number of nitrogens with zero attached hydrogens (tertiary/aromatic N) is 3. The van der Waals surface area contributed by atoms with E-state index in [1.165, 1.54) is 0 Å². The average molecular weight is 274 g/mol. The molecule has 1 heterocycles.